The van der Waals surface area contributed by atoms with Crippen molar-refractivity contribution in [1.29, 1.82) is 0 Å². The van der Waals surface area contributed by atoms with Gasteiger partial charge in [0.25, 0.3) is 0 Å². The van der Waals surface area contributed by atoms with Crippen LogP contribution in [0.5, 0.6) is 0 Å². The third kappa shape index (κ3) is 32.1. The Bertz CT molecular complexity index is 687. The average Bonchev–Trinajstić information content (AvgIpc) is 3.07. The van der Waals surface area contributed by atoms with Gasteiger partial charge in [-0.15, -0.1) is 0 Å². The first-order valence-electron chi connectivity index (χ1n) is 21.3. The Labute approximate surface area is 298 Å². The molecule has 6 heteroatoms. The second-order valence-electron chi connectivity index (χ2n) is 14.8. The molecule has 6 nitrogen and oxygen atoms in total. The van der Waals surface area contributed by atoms with E-state index in [4.69, 9.17) is 4.74 Å². The number of carbonyl (C=O) groups is 2. The smallest absolute Gasteiger partial charge is 0.306 e. The molecule has 48 heavy (non-hydrogen) atoms. The van der Waals surface area contributed by atoms with Gasteiger partial charge in [-0.05, 0) is 25.7 Å². The van der Waals surface area contributed by atoms with Gasteiger partial charge in [0.1, 0.15) is 6.10 Å². The highest BCUT2D eigenvalue weighted by molar-refractivity contribution is 5.77. The Morgan fingerprint density at radius 1 is 0.521 bits per heavy atom. The summed E-state index contributed by atoms with van der Waals surface area (Å²) in [5.74, 6) is -0.468. The molecule has 0 aliphatic carbocycles. The third-order valence-corrected chi connectivity index (χ3v) is 9.94. The summed E-state index contributed by atoms with van der Waals surface area (Å²) in [6, 6.07) is -0.688. The molecule has 0 saturated carbocycles. The normalized spacial score (nSPS) is 13.4. The fourth-order valence-electron chi connectivity index (χ4n) is 6.67. The molecular weight excluding hydrogens is 598 g/mol. The van der Waals surface area contributed by atoms with Gasteiger partial charge in [-0.25, -0.2) is 0 Å². The molecule has 0 saturated heterocycles. The number of aliphatic hydroxyl groups is 2. The van der Waals surface area contributed by atoms with E-state index >= 15 is 0 Å². The van der Waals surface area contributed by atoms with Gasteiger partial charge in [0, 0.05) is 6.42 Å². The van der Waals surface area contributed by atoms with Gasteiger partial charge in [-0.1, -0.05) is 194 Å². The second-order valence-corrected chi connectivity index (χ2v) is 14.8. The maximum atomic E-state index is 13.0. The van der Waals surface area contributed by atoms with E-state index in [9.17, 15) is 19.8 Å². The van der Waals surface area contributed by atoms with E-state index in [2.05, 4.69) is 26.1 Å². The molecule has 0 spiro atoms. The highest BCUT2D eigenvalue weighted by Gasteiger charge is 2.24. The van der Waals surface area contributed by atoms with Crippen LogP contribution in [0.1, 0.15) is 233 Å². The molecule has 3 atom stereocenters. The first-order valence-corrected chi connectivity index (χ1v) is 21.3. The van der Waals surface area contributed by atoms with E-state index in [0.29, 0.717) is 19.3 Å². The molecule has 0 aromatic heterocycles. The molecular formula is C42H83NO5. The van der Waals surface area contributed by atoms with E-state index in [1.165, 1.54) is 141 Å². The van der Waals surface area contributed by atoms with E-state index in [1.807, 2.05) is 0 Å². The number of rotatable bonds is 38. The van der Waals surface area contributed by atoms with Crippen LogP contribution in [-0.2, 0) is 14.3 Å². The minimum Gasteiger partial charge on any atom is -0.462 e. The van der Waals surface area contributed by atoms with Crippen molar-refractivity contribution in [3.8, 4) is 0 Å². The van der Waals surface area contributed by atoms with Gasteiger partial charge in [0.15, 0.2) is 0 Å². The quantitative estimate of drug-likeness (QED) is 0.0445. The van der Waals surface area contributed by atoms with Crippen LogP contribution in [-0.4, -0.2) is 46.9 Å². The van der Waals surface area contributed by atoms with Crippen molar-refractivity contribution in [3.63, 3.8) is 0 Å². The van der Waals surface area contributed by atoms with Crippen molar-refractivity contribution in [3.05, 3.63) is 0 Å². The van der Waals surface area contributed by atoms with Crippen LogP contribution in [0.25, 0.3) is 0 Å². The van der Waals surface area contributed by atoms with Crippen molar-refractivity contribution in [1.82, 2.24) is 5.32 Å². The van der Waals surface area contributed by atoms with Crippen molar-refractivity contribution >= 4 is 11.9 Å². The molecule has 3 N–H and O–H groups in total. The first-order chi connectivity index (χ1) is 23.5. The zero-order valence-corrected chi connectivity index (χ0v) is 32.4. The number of amides is 1. The molecule has 3 unspecified atom stereocenters. The zero-order valence-electron chi connectivity index (χ0n) is 32.4. The number of aliphatic hydroxyl groups excluding tert-OH is 2. The van der Waals surface area contributed by atoms with E-state index in [0.717, 1.165) is 44.9 Å². The molecule has 0 aliphatic rings. The summed E-state index contributed by atoms with van der Waals surface area (Å²) in [6.07, 6.45) is 36.0. The zero-order chi connectivity index (χ0) is 35.3. The van der Waals surface area contributed by atoms with Crippen molar-refractivity contribution in [2.75, 3.05) is 6.61 Å². The van der Waals surface area contributed by atoms with Crippen molar-refractivity contribution < 1.29 is 24.5 Å². The van der Waals surface area contributed by atoms with E-state index < -0.39 is 18.2 Å². The maximum absolute atomic E-state index is 13.0. The van der Waals surface area contributed by atoms with Crippen molar-refractivity contribution in [2.24, 2.45) is 0 Å². The summed E-state index contributed by atoms with van der Waals surface area (Å²) in [7, 11) is 0. The number of esters is 1. The summed E-state index contributed by atoms with van der Waals surface area (Å²) in [5, 5.41) is 23.4. The van der Waals surface area contributed by atoms with Gasteiger partial charge in [0.2, 0.25) is 5.91 Å². The molecule has 0 aliphatic heterocycles. The van der Waals surface area contributed by atoms with Gasteiger partial charge < -0.3 is 20.3 Å². The Balaban J connectivity index is 4.44. The highest BCUT2D eigenvalue weighted by Crippen LogP contribution is 2.17. The monoisotopic (exact) mass is 682 g/mol. The molecule has 1 amide bonds. The molecule has 0 rings (SSSR count). The van der Waals surface area contributed by atoms with Gasteiger partial charge in [-0.2, -0.15) is 0 Å². The van der Waals surface area contributed by atoms with Crippen LogP contribution in [0.3, 0.4) is 0 Å². The Morgan fingerprint density at radius 2 is 0.875 bits per heavy atom. The van der Waals surface area contributed by atoms with Gasteiger partial charge in [-0.3, -0.25) is 9.59 Å². The number of hydrogen-bond donors (Lipinski definition) is 3. The maximum Gasteiger partial charge on any atom is 0.306 e. The Kier molecular flexibility index (Phi) is 36.2. The SMILES string of the molecule is CCCCCCCCCCCCCCCC(=O)OC(CCCCCCCCC)CC(=O)NC(CO)C(O)CCCCCCCCCCC. The summed E-state index contributed by atoms with van der Waals surface area (Å²) >= 11 is 0. The average molecular weight is 682 g/mol. The number of carbonyl (C=O) groups excluding carboxylic acids is 2. The van der Waals surface area contributed by atoms with Gasteiger partial charge in [0.05, 0.1) is 25.2 Å². The minimum absolute atomic E-state index is 0.0848. The van der Waals surface area contributed by atoms with Crippen LogP contribution in [0.15, 0.2) is 0 Å². The lowest BCUT2D eigenvalue weighted by Gasteiger charge is -2.24. The molecule has 0 aromatic carbocycles. The van der Waals surface area contributed by atoms with E-state index in [1.54, 1.807) is 0 Å². The molecule has 286 valence electrons. The van der Waals surface area contributed by atoms with Crippen LogP contribution < -0.4 is 5.32 Å². The molecule has 0 aromatic rings. The summed E-state index contributed by atoms with van der Waals surface area (Å²) in [6.45, 7) is 6.42. The second kappa shape index (κ2) is 37.1. The largest absolute Gasteiger partial charge is 0.462 e. The van der Waals surface area contributed by atoms with E-state index in [-0.39, 0.29) is 24.9 Å². The fraction of sp³-hybridized carbons (Fsp3) is 0.952. The lowest BCUT2D eigenvalue weighted by atomic mass is 10.0. The number of hydrogen-bond acceptors (Lipinski definition) is 5. The first kappa shape index (κ1) is 46.9. The number of nitrogens with one attached hydrogen (secondary N) is 1. The Morgan fingerprint density at radius 3 is 1.27 bits per heavy atom. The third-order valence-electron chi connectivity index (χ3n) is 9.94. The predicted molar refractivity (Wildman–Crippen MR) is 204 cm³/mol. The fourth-order valence-corrected chi connectivity index (χ4v) is 6.67. The lowest BCUT2D eigenvalue weighted by Crippen LogP contribution is -2.46. The predicted octanol–water partition coefficient (Wildman–Crippen LogP) is 11.7. The minimum atomic E-state index is -0.775. The van der Waals surface area contributed by atoms with Crippen LogP contribution >= 0.6 is 0 Å². The number of ether oxygens (including phenoxy) is 1. The summed E-state index contributed by atoms with van der Waals surface area (Å²) < 4.78 is 5.86. The lowest BCUT2D eigenvalue weighted by molar-refractivity contribution is -0.151. The molecule has 0 bridgehead atoms. The van der Waals surface area contributed by atoms with Crippen LogP contribution in [0.4, 0.5) is 0 Å². The van der Waals surface area contributed by atoms with Gasteiger partial charge >= 0.3 is 5.97 Å². The molecule has 0 radical (unpaired) electrons. The highest BCUT2D eigenvalue weighted by atomic mass is 16.5. The standard InChI is InChI=1S/C42H83NO5/c1-4-7-10-13-16-18-19-20-21-23-26-29-32-35-42(47)48-38(33-30-27-24-15-12-9-6-3)36-41(46)43-39(37-44)40(45)34-31-28-25-22-17-14-11-8-5-2/h38-40,44-45H,4-37H2,1-3H3,(H,43,46). The molecule has 0 fully saturated rings. The number of unbranched alkanes of at least 4 members (excludes halogenated alkanes) is 26. The van der Waals surface area contributed by atoms with Crippen molar-refractivity contribution in [2.45, 2.75) is 251 Å². The Hall–Kier alpha value is -1.14. The van der Waals surface area contributed by atoms with Crippen LogP contribution in [0.2, 0.25) is 0 Å². The summed E-state index contributed by atoms with van der Waals surface area (Å²) in [5.41, 5.74) is 0. The molecule has 0 heterocycles. The summed E-state index contributed by atoms with van der Waals surface area (Å²) in [4.78, 5) is 25.8. The topological polar surface area (TPSA) is 95.9 Å². The van der Waals surface area contributed by atoms with Crippen LogP contribution in [0, 0.1) is 0 Å².